The van der Waals surface area contributed by atoms with Crippen LogP contribution in [0.5, 0.6) is 5.75 Å². The normalized spacial score (nSPS) is 16.0. The fourth-order valence-corrected chi connectivity index (χ4v) is 4.30. The van der Waals surface area contributed by atoms with Crippen LogP contribution in [0.1, 0.15) is 36.1 Å². The average molecular weight is 407 g/mol. The van der Waals surface area contributed by atoms with Crippen LogP contribution in [-0.2, 0) is 4.79 Å². The second kappa shape index (κ2) is 8.88. The van der Waals surface area contributed by atoms with Gasteiger partial charge in [0.25, 0.3) is 0 Å². The molecule has 0 aliphatic carbocycles. The summed E-state index contributed by atoms with van der Waals surface area (Å²) in [5, 5.41) is 0. The van der Waals surface area contributed by atoms with Crippen LogP contribution in [0.15, 0.2) is 48.8 Å². The number of carbonyl (C=O) groups is 1. The third-order valence-corrected chi connectivity index (χ3v) is 6.16. The van der Waals surface area contributed by atoms with E-state index in [1.165, 1.54) is 0 Å². The van der Waals surface area contributed by atoms with E-state index in [2.05, 4.69) is 40.3 Å². The van der Waals surface area contributed by atoms with Crippen molar-refractivity contribution < 1.29 is 9.53 Å². The molecule has 1 unspecified atom stereocenters. The maximum absolute atomic E-state index is 13.3. The number of amides is 1. The van der Waals surface area contributed by atoms with E-state index >= 15 is 0 Å². The Morgan fingerprint density at radius 1 is 1.17 bits per heavy atom. The summed E-state index contributed by atoms with van der Waals surface area (Å²) in [5.74, 6) is 0.904. The molecule has 6 heteroatoms. The summed E-state index contributed by atoms with van der Waals surface area (Å²) in [5.41, 5.74) is 4.15. The Hall–Kier alpha value is -2.86. The molecule has 1 saturated heterocycles. The fourth-order valence-electron chi connectivity index (χ4n) is 4.30. The largest absolute Gasteiger partial charge is 0.497 e. The number of aromatic nitrogens is 2. The summed E-state index contributed by atoms with van der Waals surface area (Å²) in [6.45, 7) is 8.75. The molecule has 30 heavy (non-hydrogen) atoms. The molecule has 158 valence electrons. The second-order valence-electron chi connectivity index (χ2n) is 7.92. The van der Waals surface area contributed by atoms with Crippen LogP contribution in [0.3, 0.4) is 0 Å². The van der Waals surface area contributed by atoms with Crippen LogP contribution in [0.4, 0.5) is 0 Å². The highest BCUT2D eigenvalue weighted by Gasteiger charge is 2.27. The highest BCUT2D eigenvalue weighted by Crippen LogP contribution is 2.32. The van der Waals surface area contributed by atoms with Gasteiger partial charge in [-0.2, -0.15) is 0 Å². The number of piperazine rings is 1. The molecule has 1 amide bonds. The van der Waals surface area contributed by atoms with Gasteiger partial charge in [0.15, 0.2) is 0 Å². The first kappa shape index (κ1) is 20.4. The molecule has 1 fully saturated rings. The minimum absolute atomic E-state index is 0.0893. The number of benzene rings is 1. The van der Waals surface area contributed by atoms with E-state index in [-0.39, 0.29) is 11.8 Å². The van der Waals surface area contributed by atoms with Crippen LogP contribution < -0.4 is 4.74 Å². The highest BCUT2D eigenvalue weighted by atomic mass is 16.5. The number of methoxy groups -OCH3 is 1. The zero-order chi connectivity index (χ0) is 21.1. The molecule has 0 spiro atoms. The van der Waals surface area contributed by atoms with E-state index < -0.39 is 0 Å². The van der Waals surface area contributed by atoms with Gasteiger partial charge in [-0.25, -0.2) is 4.98 Å². The summed E-state index contributed by atoms with van der Waals surface area (Å²) in [6, 6.07) is 12.1. The number of hydrogen-bond donors (Lipinski definition) is 0. The van der Waals surface area contributed by atoms with Crippen molar-refractivity contribution >= 4 is 11.6 Å². The zero-order valence-electron chi connectivity index (χ0n) is 18.0. The molecule has 1 atom stereocenters. The van der Waals surface area contributed by atoms with Crippen LogP contribution in [0.2, 0.25) is 0 Å². The Morgan fingerprint density at radius 3 is 2.70 bits per heavy atom. The zero-order valence-corrected chi connectivity index (χ0v) is 18.0. The molecule has 0 N–H and O–H groups in total. The van der Waals surface area contributed by atoms with Gasteiger partial charge >= 0.3 is 0 Å². The van der Waals surface area contributed by atoms with Crippen LogP contribution in [0.25, 0.3) is 5.65 Å². The van der Waals surface area contributed by atoms with Crippen molar-refractivity contribution in [2.24, 2.45) is 0 Å². The maximum Gasteiger partial charge on any atom is 0.223 e. The lowest BCUT2D eigenvalue weighted by Crippen LogP contribution is -2.48. The predicted molar refractivity (Wildman–Crippen MR) is 118 cm³/mol. The summed E-state index contributed by atoms with van der Waals surface area (Å²) >= 11 is 0. The van der Waals surface area contributed by atoms with Crippen LogP contribution in [-0.4, -0.2) is 64.9 Å². The molecule has 0 radical (unpaired) electrons. The average Bonchev–Trinajstić information content (AvgIpc) is 3.22. The van der Waals surface area contributed by atoms with E-state index in [9.17, 15) is 4.79 Å². The number of nitrogens with zero attached hydrogens (tertiary/aromatic N) is 4. The molecule has 3 heterocycles. The third kappa shape index (κ3) is 4.05. The Balaban J connectivity index is 1.67. The van der Waals surface area contributed by atoms with E-state index in [0.717, 1.165) is 60.9 Å². The smallest absolute Gasteiger partial charge is 0.223 e. The van der Waals surface area contributed by atoms with Crippen molar-refractivity contribution in [2.45, 2.75) is 26.2 Å². The van der Waals surface area contributed by atoms with Gasteiger partial charge in [-0.3, -0.25) is 4.79 Å². The molecule has 3 aromatic rings. The number of ether oxygens (including phenoxy) is 1. The topological polar surface area (TPSA) is 50.1 Å². The third-order valence-electron chi connectivity index (χ3n) is 6.16. The van der Waals surface area contributed by atoms with Gasteiger partial charge in [0.1, 0.15) is 11.4 Å². The van der Waals surface area contributed by atoms with Crippen molar-refractivity contribution in [3.63, 3.8) is 0 Å². The molecule has 1 aromatic carbocycles. The molecule has 2 aromatic heterocycles. The SMILES string of the molecule is CCN1CCN(C(=O)CC(c2cccc(OC)c2)c2cnc3c(C)cccn23)CC1. The minimum atomic E-state index is -0.0893. The molecular formula is C24H30N4O2. The van der Waals surface area contributed by atoms with Crippen LogP contribution >= 0.6 is 0 Å². The number of aryl methyl sites for hydroxylation is 1. The fraction of sp³-hybridized carbons (Fsp3) is 0.417. The van der Waals surface area contributed by atoms with Gasteiger partial charge in [-0.15, -0.1) is 0 Å². The van der Waals surface area contributed by atoms with E-state index in [1.54, 1.807) is 7.11 Å². The van der Waals surface area contributed by atoms with Crippen molar-refractivity contribution in [3.05, 3.63) is 65.6 Å². The Labute approximate surface area is 178 Å². The Morgan fingerprint density at radius 2 is 1.97 bits per heavy atom. The van der Waals surface area contributed by atoms with Gasteiger partial charge in [0, 0.05) is 50.9 Å². The standard InChI is InChI=1S/C24H30N4O2/c1-4-26-11-13-27(14-12-26)23(29)16-21(19-8-5-9-20(15-19)30-3)22-17-25-24-18(2)7-6-10-28(22)24/h5-10,15,17,21H,4,11-14,16H2,1-3H3. The molecule has 1 aliphatic heterocycles. The van der Waals surface area contributed by atoms with Gasteiger partial charge < -0.3 is 18.9 Å². The number of pyridine rings is 1. The number of fused-ring (bicyclic) bond motifs is 1. The Kier molecular flexibility index (Phi) is 6.04. The number of likely N-dealkylation sites (N-methyl/N-ethyl adjacent to an activating group) is 1. The lowest BCUT2D eigenvalue weighted by Gasteiger charge is -2.34. The molecule has 0 saturated carbocycles. The van der Waals surface area contributed by atoms with E-state index in [0.29, 0.717) is 6.42 Å². The number of imidazole rings is 1. The van der Waals surface area contributed by atoms with Gasteiger partial charge in [-0.05, 0) is 42.8 Å². The van der Waals surface area contributed by atoms with E-state index in [1.807, 2.05) is 41.6 Å². The van der Waals surface area contributed by atoms with Crippen molar-refractivity contribution in [1.29, 1.82) is 0 Å². The van der Waals surface area contributed by atoms with Crippen molar-refractivity contribution in [1.82, 2.24) is 19.2 Å². The first-order chi connectivity index (χ1) is 14.6. The Bertz CT molecular complexity index is 1020. The molecule has 6 nitrogen and oxygen atoms in total. The maximum atomic E-state index is 13.3. The van der Waals surface area contributed by atoms with Gasteiger partial charge in [-0.1, -0.05) is 25.1 Å². The van der Waals surface area contributed by atoms with Crippen LogP contribution in [0, 0.1) is 6.92 Å². The summed E-state index contributed by atoms with van der Waals surface area (Å²) in [7, 11) is 1.67. The monoisotopic (exact) mass is 406 g/mol. The number of carbonyl (C=O) groups excluding carboxylic acids is 1. The lowest BCUT2D eigenvalue weighted by molar-refractivity contribution is -0.133. The lowest BCUT2D eigenvalue weighted by atomic mass is 9.91. The summed E-state index contributed by atoms with van der Waals surface area (Å²) in [4.78, 5) is 22.3. The molecular weight excluding hydrogens is 376 g/mol. The number of rotatable bonds is 6. The summed E-state index contributed by atoms with van der Waals surface area (Å²) in [6.07, 6.45) is 4.36. The van der Waals surface area contributed by atoms with Gasteiger partial charge in [0.05, 0.1) is 12.8 Å². The minimum Gasteiger partial charge on any atom is -0.497 e. The van der Waals surface area contributed by atoms with E-state index in [4.69, 9.17) is 4.74 Å². The quantitative estimate of drug-likeness (QED) is 0.630. The molecule has 1 aliphatic rings. The predicted octanol–water partition coefficient (Wildman–Crippen LogP) is 3.34. The second-order valence-corrected chi connectivity index (χ2v) is 7.92. The number of hydrogen-bond acceptors (Lipinski definition) is 4. The highest BCUT2D eigenvalue weighted by molar-refractivity contribution is 5.78. The molecule has 4 rings (SSSR count). The first-order valence-electron chi connectivity index (χ1n) is 10.7. The first-order valence-corrected chi connectivity index (χ1v) is 10.7. The van der Waals surface area contributed by atoms with Crippen molar-refractivity contribution in [3.8, 4) is 5.75 Å². The molecule has 0 bridgehead atoms. The van der Waals surface area contributed by atoms with Gasteiger partial charge in [0.2, 0.25) is 5.91 Å². The summed E-state index contributed by atoms with van der Waals surface area (Å²) < 4.78 is 7.56. The van der Waals surface area contributed by atoms with Crippen molar-refractivity contribution in [2.75, 3.05) is 39.8 Å².